The molecule has 0 aliphatic heterocycles. The molecule has 1 atom stereocenters. The van der Waals surface area contributed by atoms with Crippen molar-refractivity contribution in [3.63, 3.8) is 0 Å². The maximum atomic E-state index is 13.3. The van der Waals surface area contributed by atoms with E-state index in [1.165, 1.54) is 19.3 Å². The van der Waals surface area contributed by atoms with Crippen LogP contribution >= 0.6 is 0 Å². The molecule has 2 aromatic carbocycles. The van der Waals surface area contributed by atoms with E-state index in [1.807, 2.05) is 68.4 Å². The standard InChI is InChI=1S/C25H32N2O2/c1-19-11-9-10-14-22(19)17-24(28)27(18-21-12-5-3-6-13-21)20(2)25(29)26-23-15-7-4-8-16-23/h3,5-6,9-14,20,23H,4,7-8,15-18H2,1-2H3,(H,26,29)/t20-/m1/s1. The highest BCUT2D eigenvalue weighted by Crippen LogP contribution is 2.19. The lowest BCUT2D eigenvalue weighted by molar-refractivity contribution is -0.140. The van der Waals surface area contributed by atoms with E-state index in [-0.39, 0.29) is 17.9 Å². The van der Waals surface area contributed by atoms with Gasteiger partial charge in [-0.25, -0.2) is 0 Å². The highest BCUT2D eigenvalue weighted by atomic mass is 16.2. The average molecular weight is 393 g/mol. The fraction of sp³-hybridized carbons (Fsp3) is 0.440. The molecule has 1 N–H and O–H groups in total. The van der Waals surface area contributed by atoms with Crippen molar-refractivity contribution in [3.05, 3.63) is 71.3 Å². The Morgan fingerprint density at radius 3 is 2.34 bits per heavy atom. The molecular formula is C25H32N2O2. The van der Waals surface area contributed by atoms with Crippen LogP contribution in [0.2, 0.25) is 0 Å². The molecule has 4 heteroatoms. The molecule has 1 aliphatic carbocycles. The van der Waals surface area contributed by atoms with Crippen molar-refractivity contribution in [2.45, 2.75) is 71.0 Å². The van der Waals surface area contributed by atoms with Crippen molar-refractivity contribution in [2.24, 2.45) is 0 Å². The van der Waals surface area contributed by atoms with Crippen LogP contribution in [-0.4, -0.2) is 28.8 Å². The molecule has 4 nitrogen and oxygen atoms in total. The van der Waals surface area contributed by atoms with Crippen molar-refractivity contribution < 1.29 is 9.59 Å². The van der Waals surface area contributed by atoms with Gasteiger partial charge in [-0.1, -0.05) is 73.9 Å². The number of aryl methyl sites for hydroxylation is 1. The van der Waals surface area contributed by atoms with Gasteiger partial charge >= 0.3 is 0 Å². The lowest BCUT2D eigenvalue weighted by Gasteiger charge is -2.31. The highest BCUT2D eigenvalue weighted by Gasteiger charge is 2.28. The largest absolute Gasteiger partial charge is 0.352 e. The average Bonchev–Trinajstić information content (AvgIpc) is 2.74. The van der Waals surface area contributed by atoms with Gasteiger partial charge in [-0.05, 0) is 43.4 Å². The molecule has 29 heavy (non-hydrogen) atoms. The quantitative estimate of drug-likeness (QED) is 0.759. The van der Waals surface area contributed by atoms with Crippen LogP contribution in [0.4, 0.5) is 0 Å². The summed E-state index contributed by atoms with van der Waals surface area (Å²) in [7, 11) is 0. The molecule has 1 fully saturated rings. The first-order valence-electron chi connectivity index (χ1n) is 10.7. The van der Waals surface area contributed by atoms with Crippen LogP contribution in [0, 0.1) is 6.92 Å². The summed E-state index contributed by atoms with van der Waals surface area (Å²) in [5.74, 6) is -0.0691. The Balaban J connectivity index is 1.75. The zero-order chi connectivity index (χ0) is 20.6. The Bertz CT molecular complexity index is 813. The number of carbonyl (C=O) groups is 2. The first kappa shape index (κ1) is 21.1. The second-order valence-electron chi connectivity index (χ2n) is 8.13. The summed E-state index contributed by atoms with van der Waals surface area (Å²) in [6.07, 6.45) is 5.96. The predicted molar refractivity (Wildman–Crippen MR) is 116 cm³/mol. The Morgan fingerprint density at radius 2 is 1.66 bits per heavy atom. The second-order valence-corrected chi connectivity index (χ2v) is 8.13. The maximum Gasteiger partial charge on any atom is 0.242 e. The lowest BCUT2D eigenvalue weighted by atomic mass is 9.95. The predicted octanol–water partition coefficient (Wildman–Crippen LogP) is 4.40. The molecule has 2 aromatic rings. The van der Waals surface area contributed by atoms with Gasteiger partial charge in [-0.3, -0.25) is 9.59 Å². The number of nitrogens with one attached hydrogen (secondary N) is 1. The topological polar surface area (TPSA) is 49.4 Å². The zero-order valence-electron chi connectivity index (χ0n) is 17.6. The molecule has 0 spiro atoms. The van der Waals surface area contributed by atoms with Crippen molar-refractivity contribution >= 4 is 11.8 Å². The van der Waals surface area contributed by atoms with E-state index in [0.717, 1.165) is 29.5 Å². The van der Waals surface area contributed by atoms with Gasteiger partial charge in [-0.2, -0.15) is 0 Å². The maximum absolute atomic E-state index is 13.3. The van der Waals surface area contributed by atoms with E-state index < -0.39 is 6.04 Å². The molecule has 1 saturated carbocycles. The van der Waals surface area contributed by atoms with Gasteiger partial charge in [-0.15, -0.1) is 0 Å². The number of hydrogen-bond acceptors (Lipinski definition) is 2. The van der Waals surface area contributed by atoms with E-state index in [4.69, 9.17) is 0 Å². The molecule has 2 amide bonds. The number of benzene rings is 2. The van der Waals surface area contributed by atoms with Crippen molar-refractivity contribution in [1.82, 2.24) is 10.2 Å². The van der Waals surface area contributed by atoms with Crippen LogP contribution in [0.25, 0.3) is 0 Å². The van der Waals surface area contributed by atoms with Crippen LogP contribution in [0.1, 0.15) is 55.7 Å². The molecule has 0 aromatic heterocycles. The minimum absolute atomic E-state index is 0.0190. The molecular weight excluding hydrogens is 360 g/mol. The van der Waals surface area contributed by atoms with Crippen molar-refractivity contribution in [3.8, 4) is 0 Å². The number of rotatable bonds is 7. The van der Waals surface area contributed by atoms with Gasteiger partial charge in [0.05, 0.1) is 6.42 Å². The van der Waals surface area contributed by atoms with Crippen LogP contribution in [-0.2, 0) is 22.6 Å². The summed E-state index contributed by atoms with van der Waals surface area (Å²) in [5, 5.41) is 3.18. The first-order valence-corrected chi connectivity index (χ1v) is 10.7. The van der Waals surface area contributed by atoms with Crippen LogP contribution < -0.4 is 5.32 Å². The second kappa shape index (κ2) is 10.2. The van der Waals surface area contributed by atoms with Gasteiger partial charge < -0.3 is 10.2 Å². The number of nitrogens with zero attached hydrogens (tertiary/aromatic N) is 1. The fourth-order valence-corrected chi connectivity index (χ4v) is 4.00. The molecule has 0 bridgehead atoms. The van der Waals surface area contributed by atoms with Crippen LogP contribution in [0.15, 0.2) is 54.6 Å². The molecule has 154 valence electrons. The van der Waals surface area contributed by atoms with Gasteiger partial charge in [0.25, 0.3) is 0 Å². The summed E-state index contributed by atoms with van der Waals surface area (Å²) in [4.78, 5) is 27.9. The molecule has 0 heterocycles. The normalized spacial score (nSPS) is 15.5. The Hall–Kier alpha value is -2.62. The number of hydrogen-bond donors (Lipinski definition) is 1. The molecule has 3 rings (SSSR count). The van der Waals surface area contributed by atoms with E-state index in [2.05, 4.69) is 5.32 Å². The van der Waals surface area contributed by atoms with Gasteiger partial charge in [0.15, 0.2) is 0 Å². The fourth-order valence-electron chi connectivity index (χ4n) is 4.00. The minimum atomic E-state index is -0.506. The van der Waals surface area contributed by atoms with Gasteiger partial charge in [0.1, 0.15) is 6.04 Å². The third-order valence-electron chi connectivity index (χ3n) is 5.92. The van der Waals surface area contributed by atoms with Gasteiger partial charge in [0, 0.05) is 12.6 Å². The van der Waals surface area contributed by atoms with Crippen LogP contribution in [0.5, 0.6) is 0 Å². The lowest BCUT2D eigenvalue weighted by Crippen LogP contribution is -2.50. The summed E-state index contributed by atoms with van der Waals surface area (Å²) in [6, 6.07) is 17.6. The number of carbonyl (C=O) groups excluding carboxylic acids is 2. The van der Waals surface area contributed by atoms with E-state index in [1.54, 1.807) is 4.90 Å². The van der Waals surface area contributed by atoms with E-state index in [0.29, 0.717) is 13.0 Å². The monoisotopic (exact) mass is 392 g/mol. The Kier molecular flexibility index (Phi) is 7.45. The Morgan fingerprint density at radius 1 is 1.00 bits per heavy atom. The summed E-state index contributed by atoms with van der Waals surface area (Å²) >= 11 is 0. The summed E-state index contributed by atoms with van der Waals surface area (Å²) < 4.78 is 0. The summed E-state index contributed by atoms with van der Waals surface area (Å²) in [5.41, 5.74) is 3.14. The molecule has 0 radical (unpaired) electrons. The highest BCUT2D eigenvalue weighted by molar-refractivity contribution is 5.88. The SMILES string of the molecule is Cc1ccccc1CC(=O)N(Cc1ccccc1)[C@H](C)C(=O)NC1CCCCC1. The van der Waals surface area contributed by atoms with Crippen molar-refractivity contribution in [1.29, 1.82) is 0 Å². The first-order chi connectivity index (χ1) is 14.0. The van der Waals surface area contributed by atoms with Gasteiger partial charge in [0.2, 0.25) is 11.8 Å². The zero-order valence-corrected chi connectivity index (χ0v) is 17.6. The minimum Gasteiger partial charge on any atom is -0.352 e. The van der Waals surface area contributed by atoms with E-state index in [9.17, 15) is 9.59 Å². The third kappa shape index (κ3) is 5.93. The smallest absolute Gasteiger partial charge is 0.242 e. The molecule has 1 aliphatic rings. The molecule has 0 saturated heterocycles. The van der Waals surface area contributed by atoms with Crippen LogP contribution in [0.3, 0.4) is 0 Å². The van der Waals surface area contributed by atoms with E-state index >= 15 is 0 Å². The third-order valence-corrected chi connectivity index (χ3v) is 5.92. The van der Waals surface area contributed by atoms with Crippen molar-refractivity contribution in [2.75, 3.05) is 0 Å². The number of amides is 2. The summed E-state index contributed by atoms with van der Waals surface area (Å²) in [6.45, 7) is 4.30. The molecule has 0 unspecified atom stereocenters. The Labute approximate surface area is 174 Å².